The molecule has 0 spiro atoms. The molecule has 1 unspecified atom stereocenters. The van der Waals surface area contributed by atoms with Crippen LogP contribution in [0, 0.1) is 17.0 Å². The number of carbonyl (C=O) groups is 1. The summed E-state index contributed by atoms with van der Waals surface area (Å²) >= 11 is 0. The molecule has 0 fully saturated rings. The zero-order valence-corrected chi connectivity index (χ0v) is 15.4. The molecule has 0 N–H and O–H groups in total. The van der Waals surface area contributed by atoms with E-state index in [2.05, 4.69) is 10.1 Å². The van der Waals surface area contributed by atoms with E-state index in [0.717, 1.165) is 12.1 Å². The number of hydrogen-bond donors (Lipinski definition) is 0. The third-order valence-electron chi connectivity index (χ3n) is 3.86. The van der Waals surface area contributed by atoms with Crippen LogP contribution in [0.2, 0.25) is 0 Å². The molecule has 0 bridgehead atoms. The van der Waals surface area contributed by atoms with Gasteiger partial charge < -0.3 is 4.74 Å². The fourth-order valence-electron chi connectivity index (χ4n) is 2.67. The molecule has 1 aromatic heterocycles. The van der Waals surface area contributed by atoms with Gasteiger partial charge in [-0.3, -0.25) is 4.79 Å². The zero-order chi connectivity index (χ0) is 19.2. The smallest absolute Gasteiger partial charge is 0.167 e. The Kier molecular flexibility index (Phi) is 6.83. The first-order valence-corrected chi connectivity index (χ1v) is 8.71. The Labute approximate surface area is 152 Å². The van der Waals surface area contributed by atoms with Crippen molar-refractivity contribution < 1.29 is 18.3 Å². The summed E-state index contributed by atoms with van der Waals surface area (Å²) in [6.45, 7) is 6.36. The number of ketones is 1. The Morgan fingerprint density at radius 2 is 2.04 bits per heavy atom. The summed E-state index contributed by atoms with van der Waals surface area (Å²) in [7, 11) is 0. The van der Waals surface area contributed by atoms with Crippen LogP contribution in [0.5, 0.6) is 5.75 Å². The van der Waals surface area contributed by atoms with Crippen molar-refractivity contribution in [1.82, 2.24) is 14.8 Å². The second-order valence-electron chi connectivity index (χ2n) is 7.51. The molecule has 0 aliphatic rings. The van der Waals surface area contributed by atoms with Gasteiger partial charge in [-0.05, 0) is 36.8 Å². The monoisotopic (exact) mass is 365 g/mol. The van der Waals surface area contributed by atoms with E-state index < -0.39 is 11.6 Å². The first kappa shape index (κ1) is 20.0. The maximum atomic E-state index is 13.5. The third kappa shape index (κ3) is 6.20. The largest absolute Gasteiger partial charge is 0.491 e. The van der Waals surface area contributed by atoms with Crippen LogP contribution in [-0.2, 0) is 4.79 Å². The summed E-state index contributed by atoms with van der Waals surface area (Å²) in [6.07, 6.45) is 5.38. The number of halogens is 2. The highest BCUT2D eigenvalue weighted by Crippen LogP contribution is 2.25. The molecule has 2 aromatic rings. The number of carbonyl (C=O) groups excluding carboxylic acids is 1. The second-order valence-corrected chi connectivity index (χ2v) is 7.51. The summed E-state index contributed by atoms with van der Waals surface area (Å²) in [6, 6.07) is 2.86. The summed E-state index contributed by atoms with van der Waals surface area (Å²) in [5.74, 6) is -1.20. The van der Waals surface area contributed by atoms with Gasteiger partial charge in [0.2, 0.25) is 0 Å². The van der Waals surface area contributed by atoms with Gasteiger partial charge >= 0.3 is 0 Å². The standard InChI is InChI=1S/C19H25F2N3O2/c1-19(2,3)11-17(25)16(24-13-22-12-23-24)6-4-5-9-26-18-8-7-14(20)10-15(18)21/h7-8,10,12-13,16H,4-6,9,11H2,1-3H3. The highest BCUT2D eigenvalue weighted by atomic mass is 19.1. The van der Waals surface area contributed by atoms with Crippen LogP contribution in [0.4, 0.5) is 8.78 Å². The maximum Gasteiger partial charge on any atom is 0.167 e. The Hall–Kier alpha value is -2.31. The molecule has 0 radical (unpaired) electrons. The van der Waals surface area contributed by atoms with Gasteiger partial charge in [0, 0.05) is 12.5 Å². The van der Waals surface area contributed by atoms with Crippen molar-refractivity contribution in [3.05, 3.63) is 42.5 Å². The van der Waals surface area contributed by atoms with Crippen LogP contribution >= 0.6 is 0 Å². The minimum absolute atomic E-state index is 0.0306. The molecule has 2 rings (SSSR count). The van der Waals surface area contributed by atoms with E-state index in [-0.39, 0.29) is 23.0 Å². The van der Waals surface area contributed by atoms with Crippen molar-refractivity contribution in [3.63, 3.8) is 0 Å². The number of Topliss-reactive ketones (excluding diaryl/α,β-unsaturated/α-hetero) is 1. The van der Waals surface area contributed by atoms with E-state index in [0.29, 0.717) is 32.3 Å². The normalized spacial score (nSPS) is 12.8. The number of rotatable bonds is 9. The molecule has 0 saturated heterocycles. The van der Waals surface area contributed by atoms with E-state index in [1.165, 1.54) is 12.4 Å². The molecule has 7 heteroatoms. The van der Waals surface area contributed by atoms with E-state index in [4.69, 9.17) is 4.74 Å². The molecule has 0 saturated carbocycles. The molecule has 0 aliphatic carbocycles. The lowest BCUT2D eigenvalue weighted by Gasteiger charge is -2.22. The molecular weight excluding hydrogens is 340 g/mol. The van der Waals surface area contributed by atoms with Crippen molar-refractivity contribution in [3.8, 4) is 5.75 Å². The number of ether oxygens (including phenoxy) is 1. The Morgan fingerprint density at radius 3 is 2.65 bits per heavy atom. The molecule has 1 atom stereocenters. The Bertz CT molecular complexity index is 712. The highest BCUT2D eigenvalue weighted by molar-refractivity contribution is 5.82. The second kappa shape index (κ2) is 8.87. The fourth-order valence-corrected chi connectivity index (χ4v) is 2.67. The van der Waals surface area contributed by atoms with E-state index in [1.54, 1.807) is 11.0 Å². The number of aromatic nitrogens is 3. The summed E-state index contributed by atoms with van der Waals surface area (Å²) in [4.78, 5) is 16.5. The molecule has 0 amide bonds. The minimum atomic E-state index is -0.717. The summed E-state index contributed by atoms with van der Waals surface area (Å²) in [5, 5.41) is 4.10. The van der Waals surface area contributed by atoms with Gasteiger partial charge in [0.05, 0.1) is 6.61 Å². The number of unbranched alkanes of at least 4 members (excludes halogenated alkanes) is 1. The van der Waals surface area contributed by atoms with Crippen LogP contribution in [0.3, 0.4) is 0 Å². The number of benzene rings is 1. The van der Waals surface area contributed by atoms with Crippen LogP contribution in [0.25, 0.3) is 0 Å². The fraction of sp³-hybridized carbons (Fsp3) is 0.526. The molecule has 1 heterocycles. The molecule has 142 valence electrons. The van der Waals surface area contributed by atoms with Crippen LogP contribution in [-0.4, -0.2) is 27.2 Å². The zero-order valence-electron chi connectivity index (χ0n) is 15.4. The van der Waals surface area contributed by atoms with Gasteiger partial charge in [0.1, 0.15) is 24.5 Å². The first-order valence-electron chi connectivity index (χ1n) is 8.71. The van der Waals surface area contributed by atoms with Gasteiger partial charge in [-0.25, -0.2) is 18.4 Å². The summed E-state index contributed by atoms with van der Waals surface area (Å²) in [5.41, 5.74) is -0.0981. The lowest BCUT2D eigenvalue weighted by molar-refractivity contribution is -0.124. The summed E-state index contributed by atoms with van der Waals surface area (Å²) < 4.78 is 33.3. The molecular formula is C19H25F2N3O2. The van der Waals surface area contributed by atoms with Crippen LogP contribution < -0.4 is 4.74 Å². The quantitative estimate of drug-likeness (QED) is 0.620. The number of hydrogen-bond acceptors (Lipinski definition) is 4. The van der Waals surface area contributed by atoms with E-state index in [1.807, 2.05) is 20.8 Å². The average Bonchev–Trinajstić information content (AvgIpc) is 3.04. The van der Waals surface area contributed by atoms with Crippen molar-refractivity contribution in [1.29, 1.82) is 0 Å². The Morgan fingerprint density at radius 1 is 1.27 bits per heavy atom. The van der Waals surface area contributed by atoms with Gasteiger partial charge in [0.25, 0.3) is 0 Å². The van der Waals surface area contributed by atoms with Crippen molar-refractivity contribution >= 4 is 5.78 Å². The van der Waals surface area contributed by atoms with Crippen LogP contribution in [0.15, 0.2) is 30.9 Å². The first-order chi connectivity index (χ1) is 12.3. The highest BCUT2D eigenvalue weighted by Gasteiger charge is 2.25. The van der Waals surface area contributed by atoms with Crippen molar-refractivity contribution in [2.75, 3.05) is 6.61 Å². The Balaban J connectivity index is 1.84. The van der Waals surface area contributed by atoms with Gasteiger partial charge in [-0.1, -0.05) is 20.8 Å². The average molecular weight is 365 g/mol. The van der Waals surface area contributed by atoms with Gasteiger partial charge in [-0.15, -0.1) is 0 Å². The van der Waals surface area contributed by atoms with Crippen LogP contribution in [0.1, 0.15) is 52.5 Å². The third-order valence-corrected chi connectivity index (χ3v) is 3.86. The predicted octanol–water partition coefficient (Wildman–Crippen LogP) is 4.35. The molecule has 26 heavy (non-hydrogen) atoms. The van der Waals surface area contributed by atoms with Crippen molar-refractivity contribution in [2.45, 2.75) is 52.5 Å². The molecule has 1 aromatic carbocycles. The lowest BCUT2D eigenvalue weighted by Crippen LogP contribution is -2.24. The maximum absolute atomic E-state index is 13.5. The van der Waals surface area contributed by atoms with Gasteiger partial charge in [0.15, 0.2) is 17.3 Å². The topological polar surface area (TPSA) is 57.0 Å². The molecule has 0 aliphatic heterocycles. The van der Waals surface area contributed by atoms with Crippen molar-refractivity contribution in [2.24, 2.45) is 5.41 Å². The van der Waals surface area contributed by atoms with E-state index in [9.17, 15) is 13.6 Å². The number of nitrogens with zero attached hydrogens (tertiary/aromatic N) is 3. The minimum Gasteiger partial charge on any atom is -0.491 e. The predicted molar refractivity (Wildman–Crippen MR) is 93.8 cm³/mol. The van der Waals surface area contributed by atoms with Gasteiger partial charge in [-0.2, -0.15) is 5.10 Å². The van der Waals surface area contributed by atoms with E-state index >= 15 is 0 Å². The molecule has 5 nitrogen and oxygen atoms in total. The lowest BCUT2D eigenvalue weighted by atomic mass is 9.87. The SMILES string of the molecule is CC(C)(C)CC(=O)C(CCCCOc1ccc(F)cc1F)n1cncn1.